The van der Waals surface area contributed by atoms with Crippen LogP contribution in [0.1, 0.15) is 10.7 Å². The average molecular weight is 315 g/mol. The highest BCUT2D eigenvalue weighted by Crippen LogP contribution is 2.26. The van der Waals surface area contributed by atoms with Crippen LogP contribution in [0.2, 0.25) is 0 Å². The fourth-order valence-corrected chi connectivity index (χ4v) is 3.54. The summed E-state index contributed by atoms with van der Waals surface area (Å²) in [7, 11) is 0. The third-order valence-electron chi connectivity index (χ3n) is 1.97. The Balaban J connectivity index is 1.96. The van der Waals surface area contributed by atoms with E-state index >= 15 is 0 Å². The normalized spacial score (nSPS) is 10.6. The van der Waals surface area contributed by atoms with Gasteiger partial charge in [0.1, 0.15) is 5.01 Å². The predicted octanol–water partition coefficient (Wildman–Crippen LogP) is 3.66. The van der Waals surface area contributed by atoms with Gasteiger partial charge in [0, 0.05) is 21.3 Å². The second-order valence-electron chi connectivity index (χ2n) is 3.18. The molecular formula is C11H11BrN2S2. The fraction of sp³-hybridized carbons (Fsp3) is 0.182. The molecule has 0 saturated heterocycles. The molecule has 2 rings (SSSR count). The molecule has 0 amide bonds. The van der Waals surface area contributed by atoms with E-state index in [0.29, 0.717) is 6.54 Å². The number of aromatic nitrogens is 1. The largest absolute Gasteiger partial charge is 0.325 e. The highest BCUT2D eigenvalue weighted by atomic mass is 79.9. The van der Waals surface area contributed by atoms with Crippen molar-refractivity contribution < 1.29 is 0 Å². The Kier molecular flexibility index (Phi) is 4.40. The average Bonchev–Trinajstić information content (AvgIpc) is 2.74. The number of thiazole rings is 1. The summed E-state index contributed by atoms with van der Waals surface area (Å²) in [5.41, 5.74) is 6.50. The Hall–Kier alpha value is -0.360. The van der Waals surface area contributed by atoms with Gasteiger partial charge in [0.05, 0.1) is 11.4 Å². The molecule has 1 aromatic carbocycles. The molecule has 2 nitrogen and oxygen atoms in total. The molecular weight excluding hydrogens is 304 g/mol. The second kappa shape index (κ2) is 5.82. The molecule has 0 bridgehead atoms. The van der Waals surface area contributed by atoms with Gasteiger partial charge in [-0.25, -0.2) is 4.98 Å². The van der Waals surface area contributed by atoms with Crippen molar-refractivity contribution in [3.05, 3.63) is 44.8 Å². The van der Waals surface area contributed by atoms with E-state index in [0.717, 1.165) is 20.9 Å². The summed E-state index contributed by atoms with van der Waals surface area (Å²) in [5, 5.41) is 3.15. The van der Waals surface area contributed by atoms with Crippen LogP contribution in [0.3, 0.4) is 0 Å². The minimum absolute atomic E-state index is 0.526. The van der Waals surface area contributed by atoms with Crippen molar-refractivity contribution in [2.75, 3.05) is 0 Å². The van der Waals surface area contributed by atoms with E-state index in [4.69, 9.17) is 5.73 Å². The van der Waals surface area contributed by atoms with Crippen LogP contribution in [0.15, 0.2) is 39.0 Å². The summed E-state index contributed by atoms with van der Waals surface area (Å²) in [4.78, 5) is 5.68. The van der Waals surface area contributed by atoms with E-state index in [2.05, 4.69) is 33.0 Å². The second-order valence-corrected chi connectivity index (χ2v) is 6.09. The topological polar surface area (TPSA) is 38.9 Å². The highest BCUT2D eigenvalue weighted by molar-refractivity contribution is 9.10. The van der Waals surface area contributed by atoms with Gasteiger partial charge in [0.25, 0.3) is 0 Å². The molecule has 0 aliphatic carbocycles. The van der Waals surface area contributed by atoms with E-state index in [9.17, 15) is 0 Å². The van der Waals surface area contributed by atoms with Crippen molar-refractivity contribution in [2.24, 2.45) is 5.73 Å². The maximum atomic E-state index is 5.52. The Morgan fingerprint density at radius 2 is 2.31 bits per heavy atom. The van der Waals surface area contributed by atoms with Crippen LogP contribution in [-0.4, -0.2) is 4.98 Å². The first-order valence-electron chi connectivity index (χ1n) is 4.79. The molecule has 84 valence electrons. The lowest BCUT2D eigenvalue weighted by molar-refractivity contribution is 0.996. The molecule has 1 heterocycles. The van der Waals surface area contributed by atoms with Crippen LogP contribution >= 0.6 is 39.0 Å². The maximum Gasteiger partial charge on any atom is 0.103 e. The van der Waals surface area contributed by atoms with Crippen molar-refractivity contribution in [3.63, 3.8) is 0 Å². The highest BCUT2D eigenvalue weighted by Gasteiger charge is 2.02. The Morgan fingerprint density at radius 1 is 1.44 bits per heavy atom. The first-order chi connectivity index (χ1) is 7.78. The van der Waals surface area contributed by atoms with Crippen molar-refractivity contribution >= 4 is 39.0 Å². The first kappa shape index (κ1) is 12.1. The molecule has 0 fully saturated rings. The zero-order valence-electron chi connectivity index (χ0n) is 8.52. The van der Waals surface area contributed by atoms with Gasteiger partial charge in [-0.15, -0.1) is 23.1 Å². The lowest BCUT2D eigenvalue weighted by atomic mass is 10.4. The molecule has 0 aliphatic heterocycles. The van der Waals surface area contributed by atoms with Crippen LogP contribution in [0.25, 0.3) is 0 Å². The minimum atomic E-state index is 0.526. The number of hydrogen-bond donors (Lipinski definition) is 1. The predicted molar refractivity (Wildman–Crippen MR) is 73.7 cm³/mol. The molecule has 0 saturated carbocycles. The number of thioether (sulfide) groups is 1. The smallest absolute Gasteiger partial charge is 0.103 e. The van der Waals surface area contributed by atoms with Crippen molar-refractivity contribution in [2.45, 2.75) is 17.2 Å². The lowest BCUT2D eigenvalue weighted by Crippen LogP contribution is -1.96. The van der Waals surface area contributed by atoms with E-state index in [1.54, 1.807) is 23.1 Å². The lowest BCUT2D eigenvalue weighted by Gasteiger charge is -1.99. The third kappa shape index (κ3) is 3.31. The first-order valence-corrected chi connectivity index (χ1v) is 7.45. The molecule has 0 spiro atoms. The fourth-order valence-electron chi connectivity index (χ4n) is 1.21. The Bertz CT molecular complexity index is 471. The minimum Gasteiger partial charge on any atom is -0.325 e. The molecule has 16 heavy (non-hydrogen) atoms. The monoisotopic (exact) mass is 314 g/mol. The van der Waals surface area contributed by atoms with Gasteiger partial charge < -0.3 is 5.73 Å². The Labute approximate surface area is 111 Å². The van der Waals surface area contributed by atoms with Crippen molar-refractivity contribution in [1.29, 1.82) is 0 Å². The van der Waals surface area contributed by atoms with Crippen LogP contribution < -0.4 is 5.73 Å². The van der Waals surface area contributed by atoms with Crippen molar-refractivity contribution in [3.8, 4) is 0 Å². The summed E-state index contributed by atoms with van der Waals surface area (Å²) < 4.78 is 1.11. The number of halogens is 1. The number of hydrogen-bond acceptors (Lipinski definition) is 4. The summed E-state index contributed by atoms with van der Waals surface area (Å²) >= 11 is 6.92. The molecule has 5 heteroatoms. The molecule has 0 atom stereocenters. The van der Waals surface area contributed by atoms with Crippen LogP contribution in [0.5, 0.6) is 0 Å². The van der Waals surface area contributed by atoms with Crippen LogP contribution in [0.4, 0.5) is 0 Å². The molecule has 2 N–H and O–H groups in total. The molecule has 2 aromatic rings. The van der Waals surface area contributed by atoms with Gasteiger partial charge in [0.2, 0.25) is 0 Å². The van der Waals surface area contributed by atoms with E-state index < -0.39 is 0 Å². The van der Waals surface area contributed by atoms with Crippen molar-refractivity contribution in [1.82, 2.24) is 4.98 Å². The zero-order chi connectivity index (χ0) is 11.4. The molecule has 0 aliphatic rings. The van der Waals surface area contributed by atoms with Gasteiger partial charge in [-0.05, 0) is 18.2 Å². The van der Waals surface area contributed by atoms with E-state index in [-0.39, 0.29) is 0 Å². The molecule has 0 unspecified atom stereocenters. The van der Waals surface area contributed by atoms with Crippen LogP contribution in [0, 0.1) is 0 Å². The summed E-state index contributed by atoms with van der Waals surface area (Å²) in [5.74, 6) is 0.904. The number of rotatable bonds is 4. The molecule has 0 radical (unpaired) electrons. The summed E-state index contributed by atoms with van der Waals surface area (Å²) in [6, 6.07) is 8.29. The van der Waals surface area contributed by atoms with Gasteiger partial charge in [-0.2, -0.15) is 0 Å². The van der Waals surface area contributed by atoms with Gasteiger partial charge >= 0.3 is 0 Å². The standard InChI is InChI=1S/C11H11BrN2S2/c12-8-2-1-3-10(4-8)15-7-11-14-9(5-13)6-16-11/h1-4,6H,5,7,13H2. The van der Waals surface area contributed by atoms with E-state index in [1.807, 2.05) is 17.5 Å². The maximum absolute atomic E-state index is 5.52. The van der Waals surface area contributed by atoms with Gasteiger partial charge in [-0.3, -0.25) is 0 Å². The van der Waals surface area contributed by atoms with Crippen LogP contribution in [-0.2, 0) is 12.3 Å². The zero-order valence-corrected chi connectivity index (χ0v) is 11.7. The number of nitrogens with zero attached hydrogens (tertiary/aromatic N) is 1. The Morgan fingerprint density at radius 3 is 3.00 bits per heavy atom. The number of nitrogens with two attached hydrogens (primary N) is 1. The molecule has 1 aromatic heterocycles. The summed E-state index contributed by atoms with van der Waals surface area (Å²) in [6.07, 6.45) is 0. The quantitative estimate of drug-likeness (QED) is 0.875. The third-order valence-corrected chi connectivity index (χ3v) is 4.55. The SMILES string of the molecule is NCc1csc(CSc2cccc(Br)c2)n1. The van der Waals surface area contributed by atoms with E-state index in [1.165, 1.54) is 4.90 Å². The number of benzene rings is 1. The van der Waals surface area contributed by atoms with Gasteiger partial charge in [-0.1, -0.05) is 22.0 Å². The summed E-state index contributed by atoms with van der Waals surface area (Å²) in [6.45, 7) is 0.526. The van der Waals surface area contributed by atoms with Gasteiger partial charge in [0.15, 0.2) is 0 Å².